The lowest BCUT2D eigenvalue weighted by Crippen LogP contribution is -1.89. The van der Waals surface area contributed by atoms with Gasteiger partial charge in [0.05, 0.1) is 5.39 Å². The average molecular weight is 175 g/mol. The number of aromatic nitrogens is 2. The van der Waals surface area contributed by atoms with Crippen molar-refractivity contribution in [2.75, 3.05) is 5.73 Å². The minimum atomic E-state index is 0.442. The number of aryl methyl sites for hydroxylation is 2. The third-order valence-electron chi connectivity index (χ3n) is 2.52. The molecule has 4 heteroatoms. The predicted molar refractivity (Wildman–Crippen MR) is 48.2 cm³/mol. The van der Waals surface area contributed by atoms with Gasteiger partial charge in [0.15, 0.2) is 5.82 Å². The molecule has 0 aromatic carbocycles. The van der Waals surface area contributed by atoms with Crippen molar-refractivity contribution in [2.24, 2.45) is 0 Å². The van der Waals surface area contributed by atoms with Crippen LogP contribution in [0.5, 0.6) is 0 Å². The van der Waals surface area contributed by atoms with Gasteiger partial charge in [0, 0.05) is 5.69 Å². The fraction of sp³-hybridized carbons (Fsp3) is 0.333. The molecule has 0 radical (unpaired) electrons. The molecule has 0 unspecified atom stereocenters. The number of hydrogen-bond acceptors (Lipinski definition) is 4. The topological polar surface area (TPSA) is 64.9 Å². The van der Waals surface area contributed by atoms with Gasteiger partial charge in [-0.05, 0) is 30.9 Å². The molecule has 2 N–H and O–H groups in total. The average Bonchev–Trinajstić information content (AvgIpc) is 2.70. The minimum Gasteiger partial charge on any atom is -0.380 e. The van der Waals surface area contributed by atoms with Crippen LogP contribution >= 0.6 is 0 Å². The molecule has 1 aliphatic rings. The van der Waals surface area contributed by atoms with E-state index in [1.54, 1.807) is 0 Å². The Labute approximate surface area is 74.7 Å². The van der Waals surface area contributed by atoms with E-state index in [2.05, 4.69) is 16.2 Å². The van der Waals surface area contributed by atoms with Gasteiger partial charge in [-0.3, -0.25) is 0 Å². The zero-order valence-electron chi connectivity index (χ0n) is 7.08. The Hall–Kier alpha value is -1.58. The number of nitrogen functional groups attached to an aromatic ring is 1. The lowest BCUT2D eigenvalue weighted by molar-refractivity contribution is 0.452. The van der Waals surface area contributed by atoms with Crippen LogP contribution in [0.4, 0.5) is 5.82 Å². The van der Waals surface area contributed by atoms with Gasteiger partial charge in [0.25, 0.3) is 5.71 Å². The van der Waals surface area contributed by atoms with Crippen LogP contribution in [0.1, 0.15) is 17.7 Å². The van der Waals surface area contributed by atoms with E-state index in [-0.39, 0.29) is 0 Å². The fourth-order valence-corrected chi connectivity index (χ4v) is 1.85. The summed E-state index contributed by atoms with van der Waals surface area (Å²) in [5.74, 6) is 0.442. The molecular formula is C9H9N3O. The summed E-state index contributed by atoms with van der Waals surface area (Å²) in [5.41, 5.74) is 8.63. The molecule has 0 amide bonds. The first-order valence-electron chi connectivity index (χ1n) is 4.38. The van der Waals surface area contributed by atoms with E-state index in [9.17, 15) is 0 Å². The summed E-state index contributed by atoms with van der Waals surface area (Å²) in [6.07, 6.45) is 3.33. The van der Waals surface area contributed by atoms with Gasteiger partial charge >= 0.3 is 0 Å². The van der Waals surface area contributed by atoms with Gasteiger partial charge in [-0.25, -0.2) is 4.98 Å². The zero-order chi connectivity index (χ0) is 8.84. The second-order valence-corrected chi connectivity index (χ2v) is 3.37. The van der Waals surface area contributed by atoms with E-state index >= 15 is 0 Å². The molecule has 13 heavy (non-hydrogen) atoms. The van der Waals surface area contributed by atoms with Gasteiger partial charge in [-0.15, -0.1) is 0 Å². The van der Waals surface area contributed by atoms with Crippen LogP contribution < -0.4 is 5.73 Å². The second-order valence-electron chi connectivity index (χ2n) is 3.37. The largest absolute Gasteiger partial charge is 0.380 e. The Morgan fingerprint density at radius 1 is 1.38 bits per heavy atom. The van der Waals surface area contributed by atoms with Crippen molar-refractivity contribution in [3.63, 3.8) is 0 Å². The maximum absolute atomic E-state index is 5.63. The highest BCUT2D eigenvalue weighted by Crippen LogP contribution is 2.26. The van der Waals surface area contributed by atoms with Crippen molar-refractivity contribution in [1.29, 1.82) is 0 Å². The SMILES string of the molecule is Nc1noc2nc3c(cc12)CCC3. The molecule has 0 bridgehead atoms. The Kier molecular flexibility index (Phi) is 1.17. The van der Waals surface area contributed by atoms with E-state index in [0.717, 1.165) is 23.9 Å². The van der Waals surface area contributed by atoms with Crippen molar-refractivity contribution < 1.29 is 4.52 Å². The molecule has 3 rings (SSSR count). The smallest absolute Gasteiger partial charge is 0.260 e. The van der Waals surface area contributed by atoms with Gasteiger partial charge in [-0.1, -0.05) is 5.16 Å². The summed E-state index contributed by atoms with van der Waals surface area (Å²) in [4.78, 5) is 4.37. The van der Waals surface area contributed by atoms with Crippen molar-refractivity contribution in [3.05, 3.63) is 17.3 Å². The molecule has 66 valence electrons. The maximum Gasteiger partial charge on any atom is 0.260 e. The highest BCUT2D eigenvalue weighted by Gasteiger charge is 2.16. The normalized spacial score (nSPS) is 15.1. The van der Waals surface area contributed by atoms with Crippen LogP contribution in [0, 0.1) is 0 Å². The number of pyridine rings is 1. The fourth-order valence-electron chi connectivity index (χ4n) is 1.85. The summed E-state index contributed by atoms with van der Waals surface area (Å²) in [6, 6.07) is 2.05. The second kappa shape index (κ2) is 2.22. The molecule has 0 atom stereocenters. The molecule has 1 aliphatic carbocycles. The van der Waals surface area contributed by atoms with Crippen molar-refractivity contribution >= 4 is 16.9 Å². The zero-order valence-corrected chi connectivity index (χ0v) is 7.08. The van der Waals surface area contributed by atoms with Crippen molar-refractivity contribution in [3.8, 4) is 0 Å². The highest BCUT2D eigenvalue weighted by molar-refractivity contribution is 5.84. The summed E-state index contributed by atoms with van der Waals surface area (Å²) in [7, 11) is 0. The Balaban J connectivity index is 2.38. The number of rotatable bonds is 0. The molecular weight excluding hydrogens is 166 g/mol. The van der Waals surface area contributed by atoms with E-state index in [4.69, 9.17) is 10.3 Å². The van der Waals surface area contributed by atoms with E-state index < -0.39 is 0 Å². The molecule has 0 spiro atoms. The lowest BCUT2D eigenvalue weighted by atomic mass is 10.2. The van der Waals surface area contributed by atoms with Crippen LogP contribution in [0.2, 0.25) is 0 Å². The summed E-state index contributed by atoms with van der Waals surface area (Å²) in [5, 5.41) is 4.52. The van der Waals surface area contributed by atoms with Gasteiger partial charge < -0.3 is 10.3 Å². The van der Waals surface area contributed by atoms with Crippen LogP contribution in [-0.2, 0) is 12.8 Å². The Bertz CT molecular complexity index is 475. The third-order valence-corrected chi connectivity index (χ3v) is 2.52. The van der Waals surface area contributed by atoms with Gasteiger partial charge in [0.2, 0.25) is 0 Å². The maximum atomic E-state index is 5.63. The number of nitrogens with two attached hydrogens (primary N) is 1. The molecule has 0 saturated heterocycles. The monoisotopic (exact) mass is 175 g/mol. The van der Waals surface area contributed by atoms with Crippen LogP contribution in [0.15, 0.2) is 10.6 Å². The number of nitrogens with zero attached hydrogens (tertiary/aromatic N) is 2. The molecule has 2 aromatic rings. The van der Waals surface area contributed by atoms with E-state index in [1.807, 2.05) is 0 Å². The predicted octanol–water partition coefficient (Wildman–Crippen LogP) is 1.29. The van der Waals surface area contributed by atoms with E-state index in [1.165, 1.54) is 12.0 Å². The molecule has 0 saturated carbocycles. The third kappa shape index (κ3) is 0.854. The quantitative estimate of drug-likeness (QED) is 0.655. The first kappa shape index (κ1) is 6.88. The number of fused-ring (bicyclic) bond motifs is 2. The molecule has 2 heterocycles. The lowest BCUT2D eigenvalue weighted by Gasteiger charge is -1.95. The van der Waals surface area contributed by atoms with Crippen LogP contribution in [0.3, 0.4) is 0 Å². The summed E-state index contributed by atoms with van der Waals surface area (Å²) >= 11 is 0. The summed E-state index contributed by atoms with van der Waals surface area (Å²) in [6.45, 7) is 0. The van der Waals surface area contributed by atoms with Crippen LogP contribution in [0.25, 0.3) is 11.1 Å². The molecule has 0 fully saturated rings. The highest BCUT2D eigenvalue weighted by atomic mass is 16.5. The number of anilines is 1. The number of hydrogen-bond donors (Lipinski definition) is 1. The molecule has 4 nitrogen and oxygen atoms in total. The first-order valence-corrected chi connectivity index (χ1v) is 4.38. The first-order chi connectivity index (χ1) is 6.34. The Morgan fingerprint density at radius 3 is 3.23 bits per heavy atom. The summed E-state index contributed by atoms with van der Waals surface area (Å²) < 4.78 is 4.99. The van der Waals surface area contributed by atoms with Crippen LogP contribution in [-0.4, -0.2) is 10.1 Å². The van der Waals surface area contributed by atoms with Crippen molar-refractivity contribution in [1.82, 2.24) is 10.1 Å². The van der Waals surface area contributed by atoms with Crippen molar-refractivity contribution in [2.45, 2.75) is 19.3 Å². The molecule has 2 aromatic heterocycles. The standard InChI is InChI=1S/C9H9N3O/c10-8-6-4-5-2-1-3-7(5)11-9(6)13-12-8/h4H,1-3H2,(H2,10,12). The molecule has 0 aliphatic heterocycles. The van der Waals surface area contributed by atoms with Gasteiger partial charge in [0.1, 0.15) is 0 Å². The minimum absolute atomic E-state index is 0.442. The Morgan fingerprint density at radius 2 is 2.31 bits per heavy atom. The van der Waals surface area contributed by atoms with E-state index in [0.29, 0.717) is 11.5 Å². The van der Waals surface area contributed by atoms with Gasteiger partial charge in [-0.2, -0.15) is 0 Å².